The molecule has 2 heterocycles. The van der Waals surface area contributed by atoms with E-state index in [-0.39, 0.29) is 5.60 Å². The molecule has 0 amide bonds. The SMILES string of the molecule is COC1(CNc2nc3cccc(Cl)c3s2)CCOC1. The quantitative estimate of drug-likeness (QED) is 0.941. The van der Waals surface area contributed by atoms with Crippen molar-refractivity contribution >= 4 is 38.3 Å². The minimum absolute atomic E-state index is 0.234. The first-order valence-corrected chi connectivity index (χ1v) is 7.34. The third-order valence-electron chi connectivity index (χ3n) is 3.43. The highest BCUT2D eigenvalue weighted by Crippen LogP contribution is 2.32. The fourth-order valence-corrected chi connectivity index (χ4v) is 3.34. The maximum Gasteiger partial charge on any atom is 0.183 e. The van der Waals surface area contributed by atoms with E-state index in [2.05, 4.69) is 10.3 Å². The Morgan fingerprint density at radius 3 is 3.16 bits per heavy atom. The molecule has 1 fully saturated rings. The molecule has 0 radical (unpaired) electrons. The van der Waals surface area contributed by atoms with Gasteiger partial charge in [-0.2, -0.15) is 0 Å². The lowest BCUT2D eigenvalue weighted by molar-refractivity contribution is -0.00619. The molecular formula is C13H15ClN2O2S. The van der Waals surface area contributed by atoms with Crippen molar-refractivity contribution in [1.29, 1.82) is 0 Å². The van der Waals surface area contributed by atoms with Gasteiger partial charge in [-0.15, -0.1) is 0 Å². The van der Waals surface area contributed by atoms with E-state index < -0.39 is 0 Å². The van der Waals surface area contributed by atoms with Gasteiger partial charge in [-0.05, 0) is 12.1 Å². The molecule has 1 saturated heterocycles. The number of anilines is 1. The van der Waals surface area contributed by atoms with Crippen LogP contribution in [0, 0.1) is 0 Å². The van der Waals surface area contributed by atoms with Crippen LogP contribution in [0.5, 0.6) is 0 Å². The van der Waals surface area contributed by atoms with Gasteiger partial charge >= 0.3 is 0 Å². The zero-order valence-corrected chi connectivity index (χ0v) is 12.2. The summed E-state index contributed by atoms with van der Waals surface area (Å²) in [7, 11) is 1.73. The minimum atomic E-state index is -0.234. The topological polar surface area (TPSA) is 43.4 Å². The molecular weight excluding hydrogens is 284 g/mol. The predicted molar refractivity (Wildman–Crippen MR) is 78.3 cm³/mol. The van der Waals surface area contributed by atoms with Gasteiger partial charge in [0.05, 0.1) is 21.8 Å². The summed E-state index contributed by atoms with van der Waals surface area (Å²) >= 11 is 7.72. The van der Waals surface area contributed by atoms with Gasteiger partial charge in [-0.3, -0.25) is 0 Å². The monoisotopic (exact) mass is 298 g/mol. The van der Waals surface area contributed by atoms with Crippen LogP contribution in [0.4, 0.5) is 5.13 Å². The standard InChI is InChI=1S/C13H15ClN2O2S/c1-17-13(5-6-18-8-13)7-15-12-16-10-4-2-3-9(14)11(10)19-12/h2-4H,5-8H2,1H3,(H,15,16). The van der Waals surface area contributed by atoms with Crippen molar-refractivity contribution in [2.24, 2.45) is 0 Å². The second kappa shape index (κ2) is 5.25. The molecule has 1 unspecified atom stereocenters. The smallest absolute Gasteiger partial charge is 0.183 e. The van der Waals surface area contributed by atoms with E-state index in [1.807, 2.05) is 18.2 Å². The number of aromatic nitrogens is 1. The van der Waals surface area contributed by atoms with Crippen LogP contribution >= 0.6 is 22.9 Å². The van der Waals surface area contributed by atoms with Crippen LogP contribution in [0.3, 0.4) is 0 Å². The van der Waals surface area contributed by atoms with Crippen LogP contribution in [0.25, 0.3) is 10.2 Å². The van der Waals surface area contributed by atoms with Crippen LogP contribution in [0.1, 0.15) is 6.42 Å². The van der Waals surface area contributed by atoms with Gasteiger partial charge < -0.3 is 14.8 Å². The molecule has 0 spiro atoms. The Morgan fingerprint density at radius 1 is 1.58 bits per heavy atom. The molecule has 102 valence electrons. The van der Waals surface area contributed by atoms with Crippen molar-refractivity contribution in [3.63, 3.8) is 0 Å². The molecule has 0 saturated carbocycles. The molecule has 1 atom stereocenters. The number of ether oxygens (including phenoxy) is 2. The van der Waals surface area contributed by atoms with Crippen molar-refractivity contribution in [2.45, 2.75) is 12.0 Å². The average Bonchev–Trinajstić information content (AvgIpc) is 3.04. The van der Waals surface area contributed by atoms with E-state index in [4.69, 9.17) is 21.1 Å². The summed E-state index contributed by atoms with van der Waals surface area (Å²) in [5.74, 6) is 0. The van der Waals surface area contributed by atoms with Crippen LogP contribution in [0.15, 0.2) is 18.2 Å². The zero-order valence-electron chi connectivity index (χ0n) is 10.6. The van der Waals surface area contributed by atoms with Crippen molar-refractivity contribution in [3.05, 3.63) is 23.2 Å². The van der Waals surface area contributed by atoms with Crippen molar-refractivity contribution < 1.29 is 9.47 Å². The Balaban J connectivity index is 1.76. The fraction of sp³-hybridized carbons (Fsp3) is 0.462. The number of halogens is 1. The first-order chi connectivity index (χ1) is 9.22. The molecule has 1 aliphatic rings. The lowest BCUT2D eigenvalue weighted by atomic mass is 10.0. The summed E-state index contributed by atoms with van der Waals surface area (Å²) < 4.78 is 12.0. The second-order valence-electron chi connectivity index (χ2n) is 4.65. The first kappa shape index (κ1) is 13.1. The third-order valence-corrected chi connectivity index (χ3v) is 4.92. The molecule has 0 aliphatic carbocycles. The van der Waals surface area contributed by atoms with Crippen molar-refractivity contribution in [3.8, 4) is 0 Å². The zero-order chi connectivity index (χ0) is 13.3. The number of methoxy groups -OCH3 is 1. The summed E-state index contributed by atoms with van der Waals surface area (Å²) in [5.41, 5.74) is 0.691. The van der Waals surface area contributed by atoms with Gasteiger partial charge in [0, 0.05) is 26.7 Å². The fourth-order valence-electron chi connectivity index (χ4n) is 2.19. The molecule has 2 aromatic rings. The normalized spacial score (nSPS) is 23.1. The largest absolute Gasteiger partial charge is 0.378 e. The molecule has 1 aliphatic heterocycles. The van der Waals surface area contributed by atoms with Crippen LogP contribution in [-0.4, -0.2) is 37.5 Å². The molecule has 1 aromatic heterocycles. The van der Waals surface area contributed by atoms with E-state index in [1.54, 1.807) is 18.4 Å². The lowest BCUT2D eigenvalue weighted by Gasteiger charge is -2.25. The van der Waals surface area contributed by atoms with Crippen LogP contribution in [0.2, 0.25) is 5.02 Å². The molecule has 0 bridgehead atoms. The number of thiazole rings is 1. The van der Waals surface area contributed by atoms with Crippen molar-refractivity contribution in [2.75, 3.05) is 32.2 Å². The molecule has 1 aromatic carbocycles. The van der Waals surface area contributed by atoms with Gasteiger partial charge in [0.2, 0.25) is 0 Å². The number of rotatable bonds is 4. The Hall–Kier alpha value is -0.880. The number of nitrogens with one attached hydrogen (secondary N) is 1. The Labute approximate surface area is 120 Å². The molecule has 1 N–H and O–H groups in total. The molecule has 3 rings (SSSR count). The van der Waals surface area contributed by atoms with E-state index in [0.717, 1.165) is 33.4 Å². The maximum absolute atomic E-state index is 6.15. The molecule has 19 heavy (non-hydrogen) atoms. The summed E-state index contributed by atoms with van der Waals surface area (Å²) in [6, 6.07) is 5.76. The Bertz CT molecular complexity index is 581. The lowest BCUT2D eigenvalue weighted by Crippen LogP contribution is -2.39. The summed E-state index contributed by atoms with van der Waals surface area (Å²) in [4.78, 5) is 4.53. The van der Waals surface area contributed by atoms with E-state index in [9.17, 15) is 0 Å². The minimum Gasteiger partial charge on any atom is -0.378 e. The van der Waals surface area contributed by atoms with Gasteiger partial charge in [0.15, 0.2) is 5.13 Å². The van der Waals surface area contributed by atoms with Crippen LogP contribution in [-0.2, 0) is 9.47 Å². The summed E-state index contributed by atoms with van der Waals surface area (Å²) in [6.45, 7) is 2.07. The van der Waals surface area contributed by atoms with Gasteiger partial charge in [0.1, 0.15) is 5.60 Å². The Morgan fingerprint density at radius 2 is 2.47 bits per heavy atom. The summed E-state index contributed by atoms with van der Waals surface area (Å²) in [6.07, 6.45) is 0.905. The number of fused-ring (bicyclic) bond motifs is 1. The summed E-state index contributed by atoms with van der Waals surface area (Å²) in [5, 5.41) is 4.95. The highest BCUT2D eigenvalue weighted by molar-refractivity contribution is 7.22. The number of hydrogen-bond acceptors (Lipinski definition) is 5. The first-order valence-electron chi connectivity index (χ1n) is 6.14. The number of hydrogen-bond donors (Lipinski definition) is 1. The number of benzene rings is 1. The van der Waals surface area contributed by atoms with E-state index in [0.29, 0.717) is 13.2 Å². The van der Waals surface area contributed by atoms with Crippen LogP contribution < -0.4 is 5.32 Å². The molecule has 6 heteroatoms. The number of nitrogens with zero attached hydrogens (tertiary/aromatic N) is 1. The van der Waals surface area contributed by atoms with Gasteiger partial charge in [-0.1, -0.05) is 29.0 Å². The third kappa shape index (κ3) is 2.56. The van der Waals surface area contributed by atoms with Gasteiger partial charge in [0.25, 0.3) is 0 Å². The second-order valence-corrected chi connectivity index (χ2v) is 6.06. The Kier molecular flexibility index (Phi) is 3.62. The molecule has 4 nitrogen and oxygen atoms in total. The van der Waals surface area contributed by atoms with Gasteiger partial charge in [-0.25, -0.2) is 4.98 Å². The maximum atomic E-state index is 6.15. The average molecular weight is 299 g/mol. The van der Waals surface area contributed by atoms with Crippen molar-refractivity contribution in [1.82, 2.24) is 4.98 Å². The predicted octanol–water partition coefficient (Wildman–Crippen LogP) is 3.17. The highest BCUT2D eigenvalue weighted by Gasteiger charge is 2.34. The highest BCUT2D eigenvalue weighted by atomic mass is 35.5. The van der Waals surface area contributed by atoms with E-state index >= 15 is 0 Å². The van der Waals surface area contributed by atoms with E-state index in [1.165, 1.54) is 0 Å².